The van der Waals surface area contributed by atoms with Gasteiger partial charge in [-0.05, 0) is 56.4 Å². The highest BCUT2D eigenvalue weighted by Crippen LogP contribution is 2.14. The number of carbonyl (C=O) groups excluding carboxylic acids is 1. The maximum absolute atomic E-state index is 12.2. The predicted octanol–water partition coefficient (Wildman–Crippen LogP) is 3.16. The molecule has 0 aliphatic rings. The lowest BCUT2D eigenvalue weighted by atomic mass is 10.2. The molecule has 25 heavy (non-hydrogen) atoms. The summed E-state index contributed by atoms with van der Waals surface area (Å²) < 4.78 is 11.2. The summed E-state index contributed by atoms with van der Waals surface area (Å²) in [5, 5.41) is 5.92. The number of hydrogen-bond donors (Lipinski definition) is 2. The number of ether oxygens (including phenoxy) is 2. The molecule has 0 radical (unpaired) electrons. The Labute approximate surface area is 153 Å². The van der Waals surface area contributed by atoms with Crippen LogP contribution in [-0.2, 0) is 0 Å². The molecule has 0 atom stereocenters. The highest BCUT2D eigenvalue weighted by atomic mass is 32.1. The second-order valence-electron chi connectivity index (χ2n) is 5.62. The van der Waals surface area contributed by atoms with Crippen LogP contribution in [0.4, 0.5) is 0 Å². The molecule has 2 aromatic carbocycles. The van der Waals surface area contributed by atoms with Gasteiger partial charge in [0.25, 0.3) is 5.91 Å². The Morgan fingerprint density at radius 2 is 1.64 bits per heavy atom. The van der Waals surface area contributed by atoms with E-state index >= 15 is 0 Å². The normalized spacial score (nSPS) is 10.2. The summed E-state index contributed by atoms with van der Waals surface area (Å²) in [4.78, 5) is 12.2. The summed E-state index contributed by atoms with van der Waals surface area (Å²) in [5.74, 6) is 1.13. The highest BCUT2D eigenvalue weighted by molar-refractivity contribution is 7.80. The molecule has 0 aliphatic carbocycles. The van der Waals surface area contributed by atoms with Gasteiger partial charge in [-0.2, -0.15) is 0 Å². The van der Waals surface area contributed by atoms with E-state index in [1.807, 2.05) is 44.2 Å². The largest absolute Gasteiger partial charge is 0.490 e. The van der Waals surface area contributed by atoms with Crippen LogP contribution in [0.1, 0.15) is 24.2 Å². The van der Waals surface area contributed by atoms with Crippen LogP contribution in [0.5, 0.6) is 11.5 Å². The van der Waals surface area contributed by atoms with Gasteiger partial charge in [0.1, 0.15) is 24.7 Å². The van der Waals surface area contributed by atoms with Gasteiger partial charge < -0.3 is 14.8 Å². The Balaban J connectivity index is 1.81. The van der Waals surface area contributed by atoms with E-state index in [4.69, 9.17) is 21.7 Å². The fraction of sp³-hybridized carbons (Fsp3) is 0.263. The lowest BCUT2D eigenvalue weighted by Crippen LogP contribution is -2.42. The summed E-state index contributed by atoms with van der Waals surface area (Å²) in [7, 11) is 0. The lowest BCUT2D eigenvalue weighted by Gasteiger charge is -2.13. The van der Waals surface area contributed by atoms with Gasteiger partial charge >= 0.3 is 0 Å². The van der Waals surface area contributed by atoms with Crippen LogP contribution in [0.3, 0.4) is 0 Å². The van der Waals surface area contributed by atoms with E-state index in [9.17, 15) is 4.79 Å². The van der Waals surface area contributed by atoms with E-state index in [0.29, 0.717) is 29.6 Å². The van der Waals surface area contributed by atoms with Crippen molar-refractivity contribution in [3.05, 3.63) is 60.2 Å². The number of hydrogen-bond acceptors (Lipinski definition) is 4. The van der Waals surface area contributed by atoms with Crippen molar-refractivity contribution in [1.82, 2.24) is 10.6 Å². The second-order valence-corrected chi connectivity index (χ2v) is 6.03. The number of rotatable bonds is 7. The van der Waals surface area contributed by atoms with Gasteiger partial charge in [-0.1, -0.05) is 24.3 Å². The third-order valence-corrected chi connectivity index (χ3v) is 3.33. The van der Waals surface area contributed by atoms with Crippen molar-refractivity contribution in [3.63, 3.8) is 0 Å². The zero-order valence-electron chi connectivity index (χ0n) is 14.3. The Morgan fingerprint density at radius 1 is 1.00 bits per heavy atom. The molecule has 0 spiro atoms. The summed E-state index contributed by atoms with van der Waals surface area (Å²) in [5.41, 5.74) is 0.481. The van der Waals surface area contributed by atoms with Gasteiger partial charge in [0.2, 0.25) is 0 Å². The molecule has 6 heteroatoms. The maximum Gasteiger partial charge on any atom is 0.257 e. The number of para-hydroxylation sites is 1. The minimum Gasteiger partial charge on any atom is -0.490 e. The molecule has 0 aromatic heterocycles. The fourth-order valence-corrected chi connectivity index (χ4v) is 2.36. The standard InChI is InChI=1S/C19H22N2O3S/c1-14(2)20-19(25)21-18(22)15-7-6-10-17(13-15)24-12-11-23-16-8-4-3-5-9-16/h3-10,13-14H,11-12H2,1-2H3,(H2,20,21,22,25). The average molecular weight is 358 g/mol. The van der Waals surface area contributed by atoms with Gasteiger partial charge in [-0.3, -0.25) is 10.1 Å². The molecule has 0 saturated carbocycles. The van der Waals surface area contributed by atoms with Crippen LogP contribution in [0.15, 0.2) is 54.6 Å². The van der Waals surface area contributed by atoms with Crippen molar-refractivity contribution < 1.29 is 14.3 Å². The minimum atomic E-state index is -0.274. The number of benzene rings is 2. The highest BCUT2D eigenvalue weighted by Gasteiger charge is 2.09. The topological polar surface area (TPSA) is 59.6 Å². The first-order valence-corrected chi connectivity index (χ1v) is 8.48. The monoisotopic (exact) mass is 358 g/mol. The van der Waals surface area contributed by atoms with Gasteiger partial charge in [0.15, 0.2) is 5.11 Å². The fourth-order valence-electron chi connectivity index (χ4n) is 2.04. The molecule has 2 rings (SSSR count). The van der Waals surface area contributed by atoms with Crippen molar-refractivity contribution in [1.29, 1.82) is 0 Å². The summed E-state index contributed by atoms with van der Waals surface area (Å²) in [6.45, 7) is 4.70. The number of thiocarbonyl (C=S) groups is 1. The molecule has 0 aliphatic heterocycles. The van der Waals surface area contributed by atoms with Crippen LogP contribution >= 0.6 is 12.2 Å². The third-order valence-electron chi connectivity index (χ3n) is 3.11. The molecule has 2 N–H and O–H groups in total. The number of carbonyl (C=O) groups is 1. The number of nitrogens with one attached hydrogen (secondary N) is 2. The molecule has 0 unspecified atom stereocenters. The molecule has 5 nitrogen and oxygen atoms in total. The van der Waals surface area contributed by atoms with Gasteiger partial charge in [-0.15, -0.1) is 0 Å². The Hall–Kier alpha value is -2.60. The van der Waals surface area contributed by atoms with E-state index in [1.165, 1.54) is 0 Å². The van der Waals surface area contributed by atoms with Gasteiger partial charge in [0, 0.05) is 11.6 Å². The summed E-state index contributed by atoms with van der Waals surface area (Å²) >= 11 is 5.08. The van der Waals surface area contributed by atoms with Crippen molar-refractivity contribution in [2.24, 2.45) is 0 Å². The smallest absolute Gasteiger partial charge is 0.257 e. The van der Waals surface area contributed by atoms with E-state index in [2.05, 4.69) is 10.6 Å². The van der Waals surface area contributed by atoms with Gasteiger partial charge in [0.05, 0.1) is 0 Å². The van der Waals surface area contributed by atoms with Crippen LogP contribution in [-0.4, -0.2) is 30.3 Å². The lowest BCUT2D eigenvalue weighted by molar-refractivity contribution is 0.0976. The van der Waals surface area contributed by atoms with Crippen LogP contribution < -0.4 is 20.1 Å². The minimum absolute atomic E-state index is 0.159. The van der Waals surface area contributed by atoms with E-state index < -0.39 is 0 Å². The van der Waals surface area contributed by atoms with E-state index in [0.717, 1.165) is 5.75 Å². The van der Waals surface area contributed by atoms with Crippen LogP contribution in [0, 0.1) is 0 Å². The molecule has 1 amide bonds. The van der Waals surface area contributed by atoms with Crippen molar-refractivity contribution in [2.45, 2.75) is 19.9 Å². The number of amides is 1. The van der Waals surface area contributed by atoms with Crippen LogP contribution in [0.25, 0.3) is 0 Å². The molecule has 0 fully saturated rings. The third kappa shape index (κ3) is 6.81. The first kappa shape index (κ1) is 18.7. The van der Waals surface area contributed by atoms with Gasteiger partial charge in [-0.25, -0.2) is 0 Å². The Bertz CT molecular complexity index is 705. The molecule has 0 bridgehead atoms. The maximum atomic E-state index is 12.2. The molecular formula is C19H22N2O3S. The predicted molar refractivity (Wildman–Crippen MR) is 102 cm³/mol. The quantitative estimate of drug-likeness (QED) is 0.588. The van der Waals surface area contributed by atoms with Crippen LogP contribution in [0.2, 0.25) is 0 Å². The first-order valence-electron chi connectivity index (χ1n) is 8.07. The molecule has 0 heterocycles. The SMILES string of the molecule is CC(C)NC(=S)NC(=O)c1cccc(OCCOc2ccccc2)c1. The van der Waals surface area contributed by atoms with E-state index in [1.54, 1.807) is 24.3 Å². The van der Waals surface area contributed by atoms with E-state index in [-0.39, 0.29) is 11.9 Å². The Morgan fingerprint density at radius 3 is 2.32 bits per heavy atom. The molecule has 132 valence electrons. The zero-order valence-corrected chi connectivity index (χ0v) is 15.1. The Kier molecular flexibility index (Phi) is 7.22. The van der Waals surface area contributed by atoms with Crippen molar-refractivity contribution >= 4 is 23.2 Å². The molecule has 2 aromatic rings. The van der Waals surface area contributed by atoms with Crippen molar-refractivity contribution in [3.8, 4) is 11.5 Å². The molecule has 0 saturated heterocycles. The first-order chi connectivity index (χ1) is 12.0. The zero-order chi connectivity index (χ0) is 18.1. The van der Waals surface area contributed by atoms with Crippen molar-refractivity contribution in [2.75, 3.05) is 13.2 Å². The second kappa shape index (κ2) is 9.64. The summed E-state index contributed by atoms with van der Waals surface area (Å²) in [6.07, 6.45) is 0. The average Bonchev–Trinajstić information content (AvgIpc) is 2.59. The summed E-state index contributed by atoms with van der Waals surface area (Å²) in [6, 6.07) is 16.6. The molecular weight excluding hydrogens is 336 g/mol.